The molecule has 0 unspecified atom stereocenters. The Bertz CT molecular complexity index is 656. The summed E-state index contributed by atoms with van der Waals surface area (Å²) in [4.78, 5) is 0. The van der Waals surface area contributed by atoms with Crippen molar-refractivity contribution in [3.8, 4) is 5.75 Å². The maximum atomic E-state index is 11.3. The van der Waals surface area contributed by atoms with Gasteiger partial charge in [0, 0.05) is 6.20 Å². The van der Waals surface area contributed by atoms with Gasteiger partial charge < -0.3 is 4.74 Å². The second-order valence-corrected chi connectivity index (χ2v) is 5.40. The molecule has 0 aliphatic carbocycles. The topological polar surface area (TPSA) is 46.6 Å². The molecule has 0 saturated carbocycles. The zero-order valence-electron chi connectivity index (χ0n) is 11.7. The molecule has 2 rings (SSSR count). The Morgan fingerprint density at radius 2 is 1.71 bits per heavy atom. The summed E-state index contributed by atoms with van der Waals surface area (Å²) in [5.41, 5.74) is 1.85. The van der Waals surface area contributed by atoms with E-state index in [9.17, 15) is 8.42 Å². The van der Waals surface area contributed by atoms with Crippen LogP contribution in [0.2, 0.25) is 0 Å². The number of nitrogens with zero attached hydrogens (tertiary/aromatic N) is 1. The van der Waals surface area contributed by atoms with E-state index in [1.807, 2.05) is 54.6 Å². The van der Waals surface area contributed by atoms with Crippen LogP contribution < -0.4 is 4.74 Å². The molecule has 2 aromatic rings. The summed E-state index contributed by atoms with van der Waals surface area (Å²) in [6, 6.07) is 16.9. The number of benzene rings is 2. The molecule has 0 amide bonds. The third kappa shape index (κ3) is 4.65. The second kappa shape index (κ2) is 7.50. The van der Waals surface area contributed by atoms with Gasteiger partial charge in [-0.2, -0.15) is 0 Å². The van der Waals surface area contributed by atoms with Crippen molar-refractivity contribution in [2.24, 2.45) is 0 Å². The number of rotatable bonds is 6. The van der Waals surface area contributed by atoms with E-state index in [0.29, 0.717) is 6.54 Å². The summed E-state index contributed by atoms with van der Waals surface area (Å²) in [7, 11) is -1.07. The lowest BCUT2D eigenvalue weighted by molar-refractivity contribution is 0.415. The van der Waals surface area contributed by atoms with Crippen LogP contribution in [0.1, 0.15) is 11.1 Å². The van der Waals surface area contributed by atoms with Gasteiger partial charge in [0.2, 0.25) is 10.9 Å². The Labute approximate surface area is 126 Å². The molecule has 0 fully saturated rings. The molecule has 0 spiro atoms. The van der Waals surface area contributed by atoms with Crippen molar-refractivity contribution < 1.29 is 13.2 Å². The lowest BCUT2D eigenvalue weighted by Crippen LogP contribution is -2.14. The number of hydrogen-bond acceptors (Lipinski definition) is 3. The van der Waals surface area contributed by atoms with Gasteiger partial charge in [-0.15, -0.1) is 0 Å². The largest absolute Gasteiger partial charge is 0.497 e. The van der Waals surface area contributed by atoms with Gasteiger partial charge in [0.1, 0.15) is 5.75 Å². The molecule has 0 heterocycles. The minimum absolute atomic E-state index is 0.326. The Morgan fingerprint density at radius 1 is 1.05 bits per heavy atom. The molecule has 0 atom stereocenters. The fourth-order valence-electron chi connectivity index (χ4n) is 1.82. The molecule has 0 bridgehead atoms. The van der Waals surface area contributed by atoms with Gasteiger partial charge in [-0.05, 0) is 29.3 Å². The van der Waals surface area contributed by atoms with E-state index in [1.54, 1.807) is 19.4 Å². The highest BCUT2D eigenvalue weighted by Crippen LogP contribution is 2.13. The fourth-order valence-corrected chi connectivity index (χ4v) is 2.28. The molecule has 110 valence electrons. The Kier molecular flexibility index (Phi) is 5.40. The van der Waals surface area contributed by atoms with Crippen LogP contribution in [-0.2, 0) is 17.4 Å². The fraction of sp³-hybridized carbons (Fsp3) is 0.125. The van der Waals surface area contributed by atoms with Crippen molar-refractivity contribution in [3.05, 3.63) is 71.9 Å². The SMILES string of the molecule is COc1ccc(C=CN(Cc2ccccc2)[SH](=O)=O)cc1. The Hall–Kier alpha value is -2.27. The standard InChI is InChI=1S/C16H17NO3S/c1-20-16-9-7-14(8-10-16)11-12-17(21(18)19)13-15-5-3-2-4-6-15/h2-12,21H,13H2,1H3. The van der Waals surface area contributed by atoms with Crippen molar-refractivity contribution in [2.75, 3.05) is 7.11 Å². The molecular weight excluding hydrogens is 286 g/mol. The third-order valence-corrected chi connectivity index (χ3v) is 3.65. The molecule has 0 radical (unpaired) electrons. The molecule has 21 heavy (non-hydrogen) atoms. The van der Waals surface area contributed by atoms with Crippen molar-refractivity contribution in [1.29, 1.82) is 0 Å². The zero-order valence-corrected chi connectivity index (χ0v) is 12.6. The van der Waals surface area contributed by atoms with Crippen LogP contribution in [0.4, 0.5) is 0 Å². The van der Waals surface area contributed by atoms with Gasteiger partial charge in [-0.25, -0.2) is 8.42 Å². The molecule has 4 nitrogen and oxygen atoms in total. The highest BCUT2D eigenvalue weighted by atomic mass is 32.2. The predicted molar refractivity (Wildman–Crippen MR) is 84.3 cm³/mol. The van der Waals surface area contributed by atoms with Crippen LogP contribution in [0.15, 0.2) is 60.8 Å². The monoisotopic (exact) mass is 303 g/mol. The number of thiol groups is 1. The Balaban J connectivity index is 2.10. The highest BCUT2D eigenvalue weighted by molar-refractivity contribution is 7.69. The number of ether oxygens (including phenoxy) is 1. The molecule has 0 saturated heterocycles. The van der Waals surface area contributed by atoms with Crippen LogP contribution in [-0.4, -0.2) is 19.8 Å². The number of hydrogen-bond donors (Lipinski definition) is 1. The maximum absolute atomic E-state index is 11.3. The normalized spacial score (nSPS) is 11.0. The van der Waals surface area contributed by atoms with Crippen LogP contribution in [0, 0.1) is 0 Å². The summed E-state index contributed by atoms with van der Waals surface area (Å²) < 4.78 is 29.0. The van der Waals surface area contributed by atoms with Gasteiger partial charge in [-0.3, -0.25) is 4.31 Å². The first-order chi connectivity index (χ1) is 10.2. The molecular formula is C16H17NO3S. The average molecular weight is 303 g/mol. The van der Waals surface area contributed by atoms with E-state index < -0.39 is 10.9 Å². The molecule has 0 aromatic heterocycles. The molecule has 0 aliphatic heterocycles. The minimum atomic E-state index is -2.67. The van der Waals surface area contributed by atoms with Gasteiger partial charge in [-0.1, -0.05) is 42.5 Å². The maximum Gasteiger partial charge on any atom is 0.224 e. The molecule has 2 aromatic carbocycles. The van der Waals surface area contributed by atoms with Crippen LogP contribution in [0.3, 0.4) is 0 Å². The van der Waals surface area contributed by atoms with Gasteiger partial charge in [0.15, 0.2) is 0 Å². The predicted octanol–water partition coefficient (Wildman–Crippen LogP) is 2.69. The van der Waals surface area contributed by atoms with E-state index >= 15 is 0 Å². The number of methoxy groups -OCH3 is 1. The summed E-state index contributed by atoms with van der Waals surface area (Å²) >= 11 is 0. The molecule has 0 aliphatic rings. The lowest BCUT2D eigenvalue weighted by Gasteiger charge is -2.12. The summed E-state index contributed by atoms with van der Waals surface area (Å²) in [5, 5.41) is 0. The van der Waals surface area contributed by atoms with E-state index in [-0.39, 0.29) is 0 Å². The van der Waals surface area contributed by atoms with Gasteiger partial charge in [0.25, 0.3) is 0 Å². The lowest BCUT2D eigenvalue weighted by atomic mass is 10.2. The summed E-state index contributed by atoms with van der Waals surface area (Å²) in [6.07, 6.45) is 3.33. The molecule has 5 heteroatoms. The summed E-state index contributed by atoms with van der Waals surface area (Å²) in [6.45, 7) is 0.326. The first kappa shape index (κ1) is 15.1. The van der Waals surface area contributed by atoms with Crippen molar-refractivity contribution in [1.82, 2.24) is 4.31 Å². The van der Waals surface area contributed by atoms with Crippen LogP contribution in [0.25, 0.3) is 6.08 Å². The first-order valence-corrected chi connectivity index (χ1v) is 7.59. The first-order valence-electron chi connectivity index (χ1n) is 6.46. The Morgan fingerprint density at radius 3 is 2.29 bits per heavy atom. The van der Waals surface area contributed by atoms with E-state index in [1.165, 1.54) is 4.31 Å². The van der Waals surface area contributed by atoms with Crippen molar-refractivity contribution in [2.45, 2.75) is 6.54 Å². The summed E-state index contributed by atoms with van der Waals surface area (Å²) in [5.74, 6) is 0.767. The van der Waals surface area contributed by atoms with E-state index in [4.69, 9.17) is 4.74 Å². The quantitative estimate of drug-likeness (QED) is 0.835. The highest BCUT2D eigenvalue weighted by Gasteiger charge is 2.02. The van der Waals surface area contributed by atoms with Crippen LogP contribution >= 0.6 is 0 Å². The van der Waals surface area contributed by atoms with Crippen molar-refractivity contribution >= 4 is 17.0 Å². The second-order valence-electron chi connectivity index (χ2n) is 4.41. The minimum Gasteiger partial charge on any atom is -0.497 e. The van der Waals surface area contributed by atoms with E-state index in [0.717, 1.165) is 16.9 Å². The smallest absolute Gasteiger partial charge is 0.224 e. The van der Waals surface area contributed by atoms with Crippen molar-refractivity contribution in [3.63, 3.8) is 0 Å². The average Bonchev–Trinajstić information content (AvgIpc) is 2.52. The van der Waals surface area contributed by atoms with Crippen LogP contribution in [0.5, 0.6) is 5.75 Å². The zero-order chi connectivity index (χ0) is 15.1. The third-order valence-electron chi connectivity index (χ3n) is 2.95. The molecule has 0 N–H and O–H groups in total. The van der Waals surface area contributed by atoms with E-state index in [2.05, 4.69) is 0 Å². The van der Waals surface area contributed by atoms with Gasteiger partial charge in [0.05, 0.1) is 13.7 Å². The van der Waals surface area contributed by atoms with Gasteiger partial charge >= 0.3 is 0 Å².